The van der Waals surface area contributed by atoms with Crippen LogP contribution in [-0.4, -0.2) is 24.0 Å². The van der Waals surface area contributed by atoms with Crippen molar-refractivity contribution in [1.29, 1.82) is 0 Å². The van der Waals surface area contributed by atoms with Crippen LogP contribution in [-0.2, 0) is 0 Å². The molecule has 1 rings (SSSR count). The Bertz CT molecular complexity index is 56.8. The van der Waals surface area contributed by atoms with E-state index in [0.717, 1.165) is 6.04 Å². The van der Waals surface area contributed by atoms with Gasteiger partial charge in [0.25, 0.3) is 0 Å². The molecule has 0 radical (unpaired) electrons. The summed E-state index contributed by atoms with van der Waals surface area (Å²) in [6.45, 7) is 7.10. The third-order valence-corrected chi connectivity index (χ3v) is 2.14. The molecule has 0 spiro atoms. The van der Waals surface area contributed by atoms with Crippen LogP contribution in [0, 0.1) is 0 Å². The van der Waals surface area contributed by atoms with E-state index < -0.39 is 0 Å². The van der Waals surface area contributed by atoms with Crippen LogP contribution in [0.25, 0.3) is 0 Å². The summed E-state index contributed by atoms with van der Waals surface area (Å²) in [6.07, 6.45) is 2.78. The molecular weight excluding hydrogens is 98.1 g/mol. The van der Waals surface area contributed by atoms with Gasteiger partial charge in [-0.3, -0.25) is 0 Å². The Balaban J connectivity index is 2.16. The Hall–Kier alpha value is -0.0400. The van der Waals surface area contributed by atoms with Crippen LogP contribution in [0.5, 0.6) is 0 Å². The van der Waals surface area contributed by atoms with Gasteiger partial charge >= 0.3 is 0 Å². The second kappa shape index (κ2) is 2.49. The second-order valence-electron chi connectivity index (χ2n) is 2.48. The first-order chi connectivity index (χ1) is 3.88. The highest BCUT2D eigenvalue weighted by atomic mass is 15.2. The van der Waals surface area contributed by atoms with E-state index in [2.05, 4.69) is 18.7 Å². The van der Waals surface area contributed by atoms with Crippen LogP contribution >= 0.6 is 0 Å². The molecule has 1 atom stereocenters. The van der Waals surface area contributed by atoms with Crippen LogP contribution in [0.1, 0.15) is 26.7 Å². The van der Waals surface area contributed by atoms with E-state index in [4.69, 9.17) is 0 Å². The van der Waals surface area contributed by atoms with Gasteiger partial charge in [0.05, 0.1) is 0 Å². The van der Waals surface area contributed by atoms with Gasteiger partial charge in [-0.05, 0) is 25.9 Å². The summed E-state index contributed by atoms with van der Waals surface area (Å²) in [6, 6.07) is 0.931. The molecule has 0 aromatic heterocycles. The van der Waals surface area contributed by atoms with Crippen LogP contribution < -0.4 is 0 Å². The van der Waals surface area contributed by atoms with Crippen molar-refractivity contribution in [1.82, 2.24) is 4.90 Å². The maximum absolute atomic E-state index is 2.53. The molecule has 1 heterocycles. The third-order valence-electron chi connectivity index (χ3n) is 2.14. The monoisotopic (exact) mass is 113 g/mol. The number of nitrogens with zero attached hydrogens (tertiary/aromatic N) is 1. The Morgan fingerprint density at radius 1 is 1.50 bits per heavy atom. The highest BCUT2D eigenvalue weighted by Crippen LogP contribution is 2.18. The molecule has 0 N–H and O–H groups in total. The molecule has 0 unspecified atom stereocenters. The molecule has 1 heteroatoms. The number of hydrogen-bond donors (Lipinski definition) is 0. The molecule has 0 aromatic rings. The summed E-state index contributed by atoms with van der Waals surface area (Å²) in [5.74, 6) is 0. The van der Waals surface area contributed by atoms with Gasteiger partial charge in [-0.2, -0.15) is 0 Å². The number of likely N-dealkylation sites (tertiary alicyclic amines) is 1. The SMILES string of the molecule is CC[C@H]1CCN1CC. The minimum atomic E-state index is 0.931. The molecule has 8 heavy (non-hydrogen) atoms. The molecule has 1 saturated heterocycles. The fourth-order valence-corrected chi connectivity index (χ4v) is 1.37. The van der Waals surface area contributed by atoms with Gasteiger partial charge in [-0.25, -0.2) is 0 Å². The summed E-state index contributed by atoms with van der Waals surface area (Å²) in [4.78, 5) is 2.53. The molecule has 0 aromatic carbocycles. The van der Waals surface area contributed by atoms with E-state index in [0.29, 0.717) is 0 Å². The fourth-order valence-electron chi connectivity index (χ4n) is 1.37. The van der Waals surface area contributed by atoms with Crippen LogP contribution in [0.4, 0.5) is 0 Å². The molecule has 1 nitrogen and oxygen atoms in total. The fraction of sp³-hybridized carbons (Fsp3) is 1.00. The summed E-state index contributed by atoms with van der Waals surface area (Å²) in [5.41, 5.74) is 0. The maximum atomic E-state index is 2.53. The van der Waals surface area contributed by atoms with Crippen molar-refractivity contribution in [3.05, 3.63) is 0 Å². The predicted octanol–water partition coefficient (Wildman–Crippen LogP) is 1.49. The molecule has 1 aliphatic rings. The lowest BCUT2D eigenvalue weighted by Crippen LogP contribution is -2.46. The second-order valence-corrected chi connectivity index (χ2v) is 2.48. The standard InChI is InChI=1S/C7H15N/c1-3-7-5-6-8(7)4-2/h7H,3-6H2,1-2H3/t7-/m0/s1. The normalized spacial score (nSPS) is 30.0. The lowest BCUT2D eigenvalue weighted by molar-refractivity contribution is 0.0950. The highest BCUT2D eigenvalue weighted by molar-refractivity contribution is 4.79. The van der Waals surface area contributed by atoms with Crippen molar-refractivity contribution in [2.24, 2.45) is 0 Å². The van der Waals surface area contributed by atoms with Gasteiger partial charge < -0.3 is 4.90 Å². The van der Waals surface area contributed by atoms with Crippen molar-refractivity contribution in [3.63, 3.8) is 0 Å². The topological polar surface area (TPSA) is 3.24 Å². The number of rotatable bonds is 2. The molecule has 0 aliphatic carbocycles. The van der Waals surface area contributed by atoms with E-state index in [1.54, 1.807) is 0 Å². The predicted molar refractivity (Wildman–Crippen MR) is 35.9 cm³/mol. The maximum Gasteiger partial charge on any atom is 0.0105 e. The first-order valence-corrected chi connectivity index (χ1v) is 3.62. The smallest absolute Gasteiger partial charge is 0.0105 e. The zero-order valence-electron chi connectivity index (χ0n) is 5.85. The summed E-state index contributed by atoms with van der Waals surface area (Å²) >= 11 is 0. The largest absolute Gasteiger partial charge is 0.301 e. The lowest BCUT2D eigenvalue weighted by atomic mass is 10.0. The lowest BCUT2D eigenvalue weighted by Gasteiger charge is -2.39. The zero-order chi connectivity index (χ0) is 5.98. The molecule has 1 fully saturated rings. The van der Waals surface area contributed by atoms with Crippen LogP contribution in [0.3, 0.4) is 0 Å². The quantitative estimate of drug-likeness (QED) is 0.524. The minimum absolute atomic E-state index is 0.931. The van der Waals surface area contributed by atoms with Crippen LogP contribution in [0.15, 0.2) is 0 Å². The average molecular weight is 113 g/mol. The van der Waals surface area contributed by atoms with Crippen molar-refractivity contribution in [2.45, 2.75) is 32.7 Å². The average Bonchev–Trinajstić information content (AvgIpc) is 1.66. The van der Waals surface area contributed by atoms with Gasteiger partial charge in [0.15, 0.2) is 0 Å². The number of hydrogen-bond acceptors (Lipinski definition) is 1. The summed E-state index contributed by atoms with van der Waals surface area (Å²) < 4.78 is 0. The highest BCUT2D eigenvalue weighted by Gasteiger charge is 2.23. The Morgan fingerprint density at radius 2 is 2.25 bits per heavy atom. The van der Waals surface area contributed by atoms with Crippen molar-refractivity contribution in [2.75, 3.05) is 13.1 Å². The van der Waals surface area contributed by atoms with Gasteiger partial charge in [-0.1, -0.05) is 13.8 Å². The van der Waals surface area contributed by atoms with E-state index in [9.17, 15) is 0 Å². The molecule has 1 aliphatic heterocycles. The van der Waals surface area contributed by atoms with Crippen LogP contribution in [0.2, 0.25) is 0 Å². The first-order valence-electron chi connectivity index (χ1n) is 3.62. The molecular formula is C7H15N. The molecule has 0 bridgehead atoms. The Morgan fingerprint density at radius 3 is 2.38 bits per heavy atom. The van der Waals surface area contributed by atoms with E-state index in [1.807, 2.05) is 0 Å². The van der Waals surface area contributed by atoms with Crippen molar-refractivity contribution in [3.8, 4) is 0 Å². The molecule has 48 valence electrons. The Labute approximate surface area is 51.7 Å². The summed E-state index contributed by atoms with van der Waals surface area (Å²) in [5, 5.41) is 0. The zero-order valence-corrected chi connectivity index (χ0v) is 5.85. The Kier molecular flexibility index (Phi) is 1.90. The summed E-state index contributed by atoms with van der Waals surface area (Å²) in [7, 11) is 0. The minimum Gasteiger partial charge on any atom is -0.301 e. The van der Waals surface area contributed by atoms with E-state index in [1.165, 1.54) is 25.9 Å². The van der Waals surface area contributed by atoms with Gasteiger partial charge in [0.2, 0.25) is 0 Å². The van der Waals surface area contributed by atoms with Gasteiger partial charge in [-0.15, -0.1) is 0 Å². The van der Waals surface area contributed by atoms with Gasteiger partial charge in [0, 0.05) is 6.04 Å². The molecule has 0 saturated carbocycles. The third kappa shape index (κ3) is 0.873. The molecule has 0 amide bonds. The van der Waals surface area contributed by atoms with Gasteiger partial charge in [0.1, 0.15) is 0 Å². The van der Waals surface area contributed by atoms with Crippen molar-refractivity contribution >= 4 is 0 Å². The van der Waals surface area contributed by atoms with E-state index in [-0.39, 0.29) is 0 Å². The van der Waals surface area contributed by atoms with Crippen molar-refractivity contribution < 1.29 is 0 Å². The van der Waals surface area contributed by atoms with E-state index >= 15 is 0 Å². The first kappa shape index (κ1) is 6.09.